The maximum absolute atomic E-state index is 13.0. The molecule has 1 atom stereocenters. The van der Waals surface area contributed by atoms with E-state index in [1.807, 2.05) is 30.3 Å². The summed E-state index contributed by atoms with van der Waals surface area (Å²) in [6.07, 6.45) is 1.97. The molecule has 0 saturated carbocycles. The molecule has 0 N–H and O–H groups in total. The lowest BCUT2D eigenvalue weighted by atomic mass is 10.1. The Balaban J connectivity index is 1.70. The lowest BCUT2D eigenvalue weighted by Crippen LogP contribution is -2.29. The van der Waals surface area contributed by atoms with Crippen LogP contribution in [0.15, 0.2) is 58.3 Å². The molecular formula is C16H15N3O3S. The van der Waals surface area contributed by atoms with Crippen LogP contribution in [0.2, 0.25) is 0 Å². The number of fused-ring (bicyclic) bond motifs is 1. The maximum Gasteiger partial charge on any atom is 0.243 e. The molecule has 1 aliphatic heterocycles. The monoisotopic (exact) mass is 329 g/mol. The summed E-state index contributed by atoms with van der Waals surface area (Å²) in [6.45, 7) is 0.843. The number of hydrogen-bond acceptors (Lipinski definition) is 5. The highest BCUT2D eigenvalue weighted by Crippen LogP contribution is 2.32. The van der Waals surface area contributed by atoms with Gasteiger partial charge in [0.05, 0.1) is 4.90 Å². The number of rotatable bonds is 3. The summed E-state index contributed by atoms with van der Waals surface area (Å²) in [4.78, 5) is 4.39. The number of hydrogen-bond donors (Lipinski definition) is 0. The second kappa shape index (κ2) is 5.43. The molecule has 1 aliphatic rings. The van der Waals surface area contributed by atoms with Gasteiger partial charge in [-0.15, -0.1) is 0 Å². The fourth-order valence-electron chi connectivity index (χ4n) is 3.08. The van der Waals surface area contributed by atoms with Crippen molar-refractivity contribution in [2.75, 3.05) is 13.1 Å². The Morgan fingerprint density at radius 3 is 2.78 bits per heavy atom. The van der Waals surface area contributed by atoms with Crippen LogP contribution in [0.5, 0.6) is 0 Å². The Morgan fingerprint density at radius 2 is 1.96 bits per heavy atom. The molecular weight excluding hydrogens is 314 g/mol. The molecule has 23 heavy (non-hydrogen) atoms. The van der Waals surface area contributed by atoms with Crippen molar-refractivity contribution in [2.24, 2.45) is 0 Å². The highest BCUT2D eigenvalue weighted by atomic mass is 32.2. The summed E-state index contributed by atoms with van der Waals surface area (Å²) in [5.74, 6) is 0.555. The van der Waals surface area contributed by atoms with Crippen molar-refractivity contribution < 1.29 is 12.9 Å². The largest absolute Gasteiger partial charge is 0.343 e. The van der Waals surface area contributed by atoms with Gasteiger partial charge in [0.1, 0.15) is 0 Å². The predicted molar refractivity (Wildman–Crippen MR) is 84.4 cm³/mol. The Bertz CT molecular complexity index is 933. The van der Waals surface area contributed by atoms with Crippen LogP contribution in [0, 0.1) is 0 Å². The van der Waals surface area contributed by atoms with E-state index in [1.54, 1.807) is 12.1 Å². The summed E-state index contributed by atoms with van der Waals surface area (Å²) in [5, 5.41) is 5.50. The molecule has 6 nitrogen and oxygen atoms in total. The van der Waals surface area contributed by atoms with Gasteiger partial charge >= 0.3 is 0 Å². The zero-order valence-corrected chi connectivity index (χ0v) is 13.1. The Hall–Kier alpha value is -2.25. The fourth-order valence-corrected chi connectivity index (χ4v) is 4.79. The van der Waals surface area contributed by atoms with E-state index in [4.69, 9.17) is 4.52 Å². The van der Waals surface area contributed by atoms with Crippen molar-refractivity contribution in [1.29, 1.82) is 0 Å². The Kier molecular flexibility index (Phi) is 3.39. The lowest BCUT2D eigenvalue weighted by Gasteiger charge is -2.17. The molecule has 0 aliphatic carbocycles. The third kappa shape index (κ3) is 2.42. The van der Waals surface area contributed by atoms with Gasteiger partial charge in [-0.05, 0) is 17.9 Å². The topological polar surface area (TPSA) is 76.3 Å². The smallest absolute Gasteiger partial charge is 0.243 e. The minimum atomic E-state index is -3.54. The Labute approximate surface area is 133 Å². The molecule has 118 valence electrons. The van der Waals surface area contributed by atoms with Crippen LogP contribution in [0.1, 0.15) is 18.2 Å². The lowest BCUT2D eigenvalue weighted by molar-refractivity contribution is 0.403. The van der Waals surface area contributed by atoms with Gasteiger partial charge < -0.3 is 4.52 Å². The zero-order valence-electron chi connectivity index (χ0n) is 12.3. The summed E-state index contributed by atoms with van der Waals surface area (Å²) in [7, 11) is -3.54. The SMILES string of the molecule is O=S(=O)(c1cccc2ccccc12)N1CC[C@@H](c2ncon2)C1. The molecule has 4 rings (SSSR count). The highest BCUT2D eigenvalue weighted by molar-refractivity contribution is 7.89. The van der Waals surface area contributed by atoms with Crippen LogP contribution in [0.4, 0.5) is 0 Å². The van der Waals surface area contributed by atoms with Gasteiger partial charge in [-0.3, -0.25) is 0 Å². The van der Waals surface area contributed by atoms with Crippen molar-refractivity contribution in [3.8, 4) is 0 Å². The van der Waals surface area contributed by atoms with E-state index in [2.05, 4.69) is 10.1 Å². The summed E-state index contributed by atoms with van der Waals surface area (Å²) in [6, 6.07) is 12.9. The summed E-state index contributed by atoms with van der Waals surface area (Å²) >= 11 is 0. The van der Waals surface area contributed by atoms with E-state index in [0.29, 0.717) is 30.2 Å². The minimum absolute atomic E-state index is 0.0153. The van der Waals surface area contributed by atoms with E-state index in [1.165, 1.54) is 10.7 Å². The molecule has 1 saturated heterocycles. The summed E-state index contributed by atoms with van der Waals surface area (Å²) < 4.78 is 32.3. The molecule has 1 fully saturated rings. The molecule has 7 heteroatoms. The van der Waals surface area contributed by atoms with Crippen LogP contribution in [0.3, 0.4) is 0 Å². The van der Waals surface area contributed by atoms with E-state index in [9.17, 15) is 8.42 Å². The van der Waals surface area contributed by atoms with Crippen molar-refractivity contribution in [3.63, 3.8) is 0 Å². The molecule has 0 radical (unpaired) electrons. The maximum atomic E-state index is 13.0. The normalized spacial score (nSPS) is 19.4. The average Bonchev–Trinajstić information content (AvgIpc) is 3.25. The van der Waals surface area contributed by atoms with Crippen molar-refractivity contribution in [2.45, 2.75) is 17.2 Å². The van der Waals surface area contributed by atoms with Crippen LogP contribution >= 0.6 is 0 Å². The van der Waals surface area contributed by atoms with Crippen molar-refractivity contribution >= 4 is 20.8 Å². The standard InChI is InChI=1S/C16H15N3O3S/c20-23(21,15-7-3-5-12-4-1-2-6-14(12)15)19-9-8-13(10-19)16-17-11-22-18-16/h1-7,11,13H,8-10H2/t13-/m1/s1. The predicted octanol–water partition coefficient (Wildman–Crippen LogP) is 2.40. The van der Waals surface area contributed by atoms with Gasteiger partial charge in [-0.1, -0.05) is 41.6 Å². The van der Waals surface area contributed by atoms with Gasteiger partial charge in [0.15, 0.2) is 5.82 Å². The van der Waals surface area contributed by atoms with E-state index >= 15 is 0 Å². The first-order valence-electron chi connectivity index (χ1n) is 7.40. The second-order valence-corrected chi connectivity index (χ2v) is 7.52. The summed E-state index contributed by atoms with van der Waals surface area (Å²) in [5.41, 5.74) is 0. The number of aromatic nitrogens is 2. The molecule has 3 aromatic rings. The second-order valence-electron chi connectivity index (χ2n) is 5.62. The number of benzene rings is 2. The van der Waals surface area contributed by atoms with E-state index in [0.717, 1.165) is 10.8 Å². The van der Waals surface area contributed by atoms with Crippen LogP contribution in [-0.4, -0.2) is 36.0 Å². The first-order chi connectivity index (χ1) is 11.2. The average molecular weight is 329 g/mol. The molecule has 2 aromatic carbocycles. The highest BCUT2D eigenvalue weighted by Gasteiger charge is 2.35. The molecule has 0 unspecified atom stereocenters. The molecule has 1 aromatic heterocycles. The molecule has 2 heterocycles. The van der Waals surface area contributed by atoms with Crippen molar-refractivity contribution in [3.05, 3.63) is 54.7 Å². The van der Waals surface area contributed by atoms with Crippen LogP contribution in [0.25, 0.3) is 10.8 Å². The third-order valence-corrected chi connectivity index (χ3v) is 6.19. The first-order valence-corrected chi connectivity index (χ1v) is 8.84. The van der Waals surface area contributed by atoms with Gasteiger partial charge in [0.25, 0.3) is 0 Å². The van der Waals surface area contributed by atoms with Crippen LogP contribution < -0.4 is 0 Å². The first kappa shape index (κ1) is 14.3. The number of nitrogens with zero attached hydrogens (tertiary/aromatic N) is 3. The Morgan fingerprint density at radius 1 is 1.13 bits per heavy atom. The van der Waals surface area contributed by atoms with Gasteiger partial charge in [0, 0.05) is 24.4 Å². The molecule has 0 spiro atoms. The van der Waals surface area contributed by atoms with E-state index < -0.39 is 10.0 Å². The van der Waals surface area contributed by atoms with Crippen LogP contribution in [-0.2, 0) is 10.0 Å². The molecule has 0 amide bonds. The zero-order chi connectivity index (χ0) is 15.9. The van der Waals surface area contributed by atoms with Crippen molar-refractivity contribution in [1.82, 2.24) is 14.4 Å². The van der Waals surface area contributed by atoms with Gasteiger partial charge in [0.2, 0.25) is 16.4 Å². The fraction of sp³-hybridized carbons (Fsp3) is 0.250. The number of sulfonamides is 1. The molecule has 0 bridgehead atoms. The van der Waals surface area contributed by atoms with Gasteiger partial charge in [-0.2, -0.15) is 9.29 Å². The third-order valence-electron chi connectivity index (χ3n) is 4.26. The quantitative estimate of drug-likeness (QED) is 0.737. The van der Waals surface area contributed by atoms with Gasteiger partial charge in [-0.25, -0.2) is 8.42 Å². The minimum Gasteiger partial charge on any atom is -0.343 e. The van der Waals surface area contributed by atoms with E-state index in [-0.39, 0.29) is 5.92 Å².